The molecule has 0 spiro atoms. The summed E-state index contributed by atoms with van der Waals surface area (Å²) in [6.45, 7) is 1.79. The molecule has 5 fully saturated rings. The molecule has 2 heterocycles. The van der Waals surface area contributed by atoms with E-state index in [2.05, 4.69) is 14.8 Å². The van der Waals surface area contributed by atoms with Crippen LogP contribution < -0.4 is 0 Å². The maximum Gasteiger partial charge on any atom is 0.195 e. The van der Waals surface area contributed by atoms with Gasteiger partial charge in [0.2, 0.25) is 0 Å². The van der Waals surface area contributed by atoms with Crippen LogP contribution in [0.2, 0.25) is 0 Å². The minimum absolute atomic E-state index is 0.328. The summed E-state index contributed by atoms with van der Waals surface area (Å²) in [7, 11) is 0. The molecule has 4 saturated carbocycles. The van der Waals surface area contributed by atoms with Gasteiger partial charge in [-0.2, -0.15) is 5.10 Å². The van der Waals surface area contributed by atoms with Crippen LogP contribution in [0, 0.1) is 27.9 Å². The number of ether oxygens (including phenoxy) is 1. The Morgan fingerprint density at radius 1 is 1.17 bits per heavy atom. The monoisotopic (exact) mass is 333 g/mol. The predicted octanol–water partition coefficient (Wildman–Crippen LogP) is 3.88. The zero-order valence-electron chi connectivity index (χ0n) is 13.8. The summed E-state index contributed by atoms with van der Waals surface area (Å²) in [4.78, 5) is 0. The van der Waals surface area contributed by atoms with Gasteiger partial charge in [-0.3, -0.25) is 5.10 Å². The van der Waals surface area contributed by atoms with Crippen molar-refractivity contribution in [2.24, 2.45) is 23.2 Å². The Balaban J connectivity index is 1.39. The SMILES string of the molecule is S=c1[nH]nc(CC23CC4CC(CC(C4)C2)C3)n1CC1CCCO1. The van der Waals surface area contributed by atoms with Gasteiger partial charge < -0.3 is 9.30 Å². The number of aromatic nitrogens is 3. The number of rotatable bonds is 4. The standard InChI is InChI=1S/C18H27N3OS/c23-17-20-19-16(21(17)11-15-2-1-3-22-15)10-18-7-12-4-13(8-18)6-14(5-12)9-18/h12-15H,1-11H2,(H,20,23). The van der Waals surface area contributed by atoms with E-state index in [4.69, 9.17) is 17.0 Å². The van der Waals surface area contributed by atoms with Crippen LogP contribution in [0.1, 0.15) is 57.2 Å². The Kier molecular flexibility index (Phi) is 3.45. The van der Waals surface area contributed by atoms with Gasteiger partial charge in [-0.05, 0) is 86.8 Å². The van der Waals surface area contributed by atoms with Gasteiger partial charge in [0, 0.05) is 13.0 Å². The number of hydrogen-bond donors (Lipinski definition) is 1. The van der Waals surface area contributed by atoms with Crippen molar-refractivity contribution in [2.75, 3.05) is 6.61 Å². The maximum atomic E-state index is 5.82. The molecule has 1 aliphatic heterocycles. The highest BCUT2D eigenvalue weighted by Gasteiger charge is 2.51. The van der Waals surface area contributed by atoms with Gasteiger partial charge in [-0.25, -0.2) is 0 Å². The molecular formula is C18H27N3OS. The summed E-state index contributed by atoms with van der Waals surface area (Å²) in [6, 6.07) is 0. The van der Waals surface area contributed by atoms with Gasteiger partial charge in [-0.15, -0.1) is 0 Å². The van der Waals surface area contributed by atoms with E-state index >= 15 is 0 Å². The fourth-order valence-corrected chi connectivity index (χ4v) is 6.73. The third-order valence-electron chi connectivity index (χ3n) is 6.95. The van der Waals surface area contributed by atoms with Crippen molar-refractivity contribution in [3.63, 3.8) is 0 Å². The predicted molar refractivity (Wildman–Crippen MR) is 90.7 cm³/mol. The van der Waals surface area contributed by atoms with E-state index in [-0.39, 0.29) is 0 Å². The number of nitrogens with one attached hydrogen (secondary N) is 1. The van der Waals surface area contributed by atoms with Crippen LogP contribution in [-0.2, 0) is 17.7 Å². The van der Waals surface area contributed by atoms with Crippen LogP contribution in [-0.4, -0.2) is 27.5 Å². The lowest BCUT2D eigenvalue weighted by Gasteiger charge is -2.56. The summed E-state index contributed by atoms with van der Waals surface area (Å²) in [5.74, 6) is 4.17. The molecule has 1 N–H and O–H groups in total. The Morgan fingerprint density at radius 2 is 1.87 bits per heavy atom. The fraction of sp³-hybridized carbons (Fsp3) is 0.889. The smallest absolute Gasteiger partial charge is 0.195 e. The van der Waals surface area contributed by atoms with Gasteiger partial charge in [0.05, 0.1) is 12.6 Å². The summed E-state index contributed by atoms with van der Waals surface area (Å²) in [6.07, 6.45) is 12.6. The average molecular weight is 334 g/mol. The molecule has 5 heteroatoms. The van der Waals surface area contributed by atoms with E-state index in [1.54, 1.807) is 0 Å². The van der Waals surface area contributed by atoms with Crippen molar-refractivity contribution in [1.29, 1.82) is 0 Å². The first-order chi connectivity index (χ1) is 11.2. The second-order valence-electron chi connectivity index (χ2n) is 8.78. The summed E-state index contributed by atoms with van der Waals surface area (Å²) >= 11 is 5.51. The second-order valence-corrected chi connectivity index (χ2v) is 9.17. The first-order valence-electron chi connectivity index (χ1n) is 9.45. The third kappa shape index (κ3) is 2.60. The van der Waals surface area contributed by atoms with E-state index < -0.39 is 0 Å². The zero-order chi connectivity index (χ0) is 15.4. The molecule has 4 bridgehead atoms. The van der Waals surface area contributed by atoms with E-state index in [0.29, 0.717) is 11.5 Å². The molecule has 1 aromatic rings. The van der Waals surface area contributed by atoms with Gasteiger partial charge in [0.15, 0.2) is 4.77 Å². The van der Waals surface area contributed by atoms with Crippen LogP contribution in [0.25, 0.3) is 0 Å². The first kappa shape index (κ1) is 14.6. The average Bonchev–Trinajstić information content (AvgIpc) is 3.11. The molecule has 4 nitrogen and oxygen atoms in total. The number of hydrogen-bond acceptors (Lipinski definition) is 3. The van der Waals surface area contributed by atoms with Crippen molar-refractivity contribution >= 4 is 12.2 Å². The quantitative estimate of drug-likeness (QED) is 0.850. The van der Waals surface area contributed by atoms with Gasteiger partial charge in [0.25, 0.3) is 0 Å². The molecule has 5 aliphatic rings. The van der Waals surface area contributed by atoms with Crippen molar-refractivity contribution < 1.29 is 4.74 Å². The Hall–Kier alpha value is -0.680. The number of H-pyrrole nitrogens is 1. The van der Waals surface area contributed by atoms with Gasteiger partial charge in [-0.1, -0.05) is 0 Å². The highest BCUT2D eigenvalue weighted by Crippen LogP contribution is 2.60. The maximum absolute atomic E-state index is 5.82. The van der Waals surface area contributed by atoms with E-state index in [1.165, 1.54) is 50.8 Å². The minimum Gasteiger partial charge on any atom is -0.376 e. The van der Waals surface area contributed by atoms with Gasteiger partial charge in [0.1, 0.15) is 5.82 Å². The first-order valence-corrected chi connectivity index (χ1v) is 9.86. The zero-order valence-corrected chi connectivity index (χ0v) is 14.6. The lowest BCUT2D eigenvalue weighted by Crippen LogP contribution is -2.47. The second kappa shape index (κ2) is 5.41. The molecule has 126 valence electrons. The molecule has 1 unspecified atom stereocenters. The molecule has 6 rings (SSSR count). The molecular weight excluding hydrogens is 306 g/mol. The van der Waals surface area contributed by atoms with E-state index in [0.717, 1.165) is 48.5 Å². The summed E-state index contributed by atoms with van der Waals surface area (Å²) in [5.41, 5.74) is 0.518. The van der Waals surface area contributed by atoms with Crippen molar-refractivity contribution in [3.8, 4) is 0 Å². The molecule has 4 aliphatic carbocycles. The molecule has 23 heavy (non-hydrogen) atoms. The molecule has 0 amide bonds. The largest absolute Gasteiger partial charge is 0.376 e. The highest BCUT2D eigenvalue weighted by molar-refractivity contribution is 7.71. The number of aromatic amines is 1. The van der Waals surface area contributed by atoms with E-state index in [9.17, 15) is 0 Å². The number of nitrogens with zero attached hydrogens (tertiary/aromatic N) is 2. The molecule has 1 atom stereocenters. The van der Waals surface area contributed by atoms with Gasteiger partial charge >= 0.3 is 0 Å². The summed E-state index contributed by atoms with van der Waals surface area (Å²) in [5, 5.41) is 7.68. The third-order valence-corrected chi connectivity index (χ3v) is 7.26. The normalized spacial score (nSPS) is 41.7. The molecule has 0 radical (unpaired) electrons. The van der Waals surface area contributed by atoms with Crippen LogP contribution in [0.5, 0.6) is 0 Å². The van der Waals surface area contributed by atoms with Crippen LogP contribution in [0.4, 0.5) is 0 Å². The van der Waals surface area contributed by atoms with Crippen molar-refractivity contribution in [2.45, 2.75) is 70.4 Å². The van der Waals surface area contributed by atoms with Crippen molar-refractivity contribution in [1.82, 2.24) is 14.8 Å². The lowest BCUT2D eigenvalue weighted by atomic mass is 9.49. The Bertz CT molecular complexity index is 608. The van der Waals surface area contributed by atoms with Crippen LogP contribution >= 0.6 is 12.2 Å². The highest BCUT2D eigenvalue weighted by atomic mass is 32.1. The minimum atomic E-state index is 0.328. The van der Waals surface area contributed by atoms with Crippen LogP contribution in [0.15, 0.2) is 0 Å². The van der Waals surface area contributed by atoms with E-state index in [1.807, 2.05) is 0 Å². The topological polar surface area (TPSA) is 42.8 Å². The van der Waals surface area contributed by atoms with Crippen molar-refractivity contribution in [3.05, 3.63) is 10.6 Å². The summed E-state index contributed by atoms with van der Waals surface area (Å²) < 4.78 is 8.84. The lowest BCUT2D eigenvalue weighted by molar-refractivity contribution is -0.0537. The molecule has 1 saturated heterocycles. The Labute approximate surface area is 143 Å². The fourth-order valence-electron chi connectivity index (χ4n) is 6.51. The Morgan fingerprint density at radius 3 is 2.48 bits per heavy atom. The van der Waals surface area contributed by atoms with Crippen LogP contribution in [0.3, 0.4) is 0 Å². The molecule has 0 aromatic carbocycles. The molecule has 1 aromatic heterocycles.